The van der Waals surface area contributed by atoms with Crippen molar-refractivity contribution in [2.24, 2.45) is 0 Å². The zero-order valence-corrected chi connectivity index (χ0v) is 22.2. The quantitative estimate of drug-likeness (QED) is 0.392. The molecule has 0 aliphatic heterocycles. The summed E-state index contributed by atoms with van der Waals surface area (Å²) in [5, 5.41) is 4.49. The number of carbonyl (C=O) groups is 2. The number of fused-ring (bicyclic) bond motifs is 1. The van der Waals surface area contributed by atoms with Gasteiger partial charge in [0.2, 0.25) is 21.8 Å². The van der Waals surface area contributed by atoms with Crippen LogP contribution < -0.4 is 9.62 Å². The highest BCUT2D eigenvalue weighted by Gasteiger charge is 2.30. The van der Waals surface area contributed by atoms with Crippen molar-refractivity contribution in [3.63, 3.8) is 0 Å². The van der Waals surface area contributed by atoms with Gasteiger partial charge in [0.1, 0.15) is 12.6 Å². The number of nitrogens with one attached hydrogen (secondary N) is 1. The minimum atomic E-state index is -3.79. The molecule has 0 unspecified atom stereocenters. The first-order valence-electron chi connectivity index (χ1n) is 12.2. The van der Waals surface area contributed by atoms with Gasteiger partial charge in [-0.3, -0.25) is 13.9 Å². The average molecular weight is 510 g/mol. The van der Waals surface area contributed by atoms with Crippen LogP contribution in [-0.2, 0) is 26.2 Å². The van der Waals surface area contributed by atoms with Crippen LogP contribution in [0.3, 0.4) is 0 Å². The summed E-state index contributed by atoms with van der Waals surface area (Å²) in [6.07, 6.45) is 2.87. The predicted molar refractivity (Wildman–Crippen MR) is 145 cm³/mol. The Balaban J connectivity index is 1.95. The normalized spacial score (nSPS) is 12.2. The van der Waals surface area contributed by atoms with Crippen molar-refractivity contribution < 1.29 is 18.0 Å². The molecule has 2 amide bonds. The van der Waals surface area contributed by atoms with Crippen molar-refractivity contribution in [3.8, 4) is 0 Å². The zero-order chi connectivity index (χ0) is 26.3. The highest BCUT2D eigenvalue weighted by molar-refractivity contribution is 7.92. The standard InChI is InChI=1S/C28H35N3O4S/c1-5-6-18-29-28(33)22(3)30(19-23-16-14-21(2)15-17-23)27(32)20-31(36(4,34)35)26-13-9-11-24-10-7-8-12-25(24)26/h7-17,22H,5-6,18-20H2,1-4H3,(H,29,33)/t22-/m0/s1. The van der Waals surface area contributed by atoms with Crippen LogP contribution in [0, 0.1) is 6.92 Å². The Morgan fingerprint density at radius 3 is 2.31 bits per heavy atom. The van der Waals surface area contributed by atoms with Crippen LogP contribution in [-0.4, -0.2) is 50.5 Å². The molecular weight excluding hydrogens is 474 g/mol. The molecule has 0 radical (unpaired) electrons. The molecule has 1 N–H and O–H groups in total. The number of carbonyl (C=O) groups excluding carboxylic acids is 2. The van der Waals surface area contributed by atoms with Crippen LogP contribution in [0.1, 0.15) is 37.8 Å². The van der Waals surface area contributed by atoms with Gasteiger partial charge in [-0.2, -0.15) is 0 Å². The molecule has 3 aromatic carbocycles. The topological polar surface area (TPSA) is 86.8 Å². The fourth-order valence-electron chi connectivity index (χ4n) is 4.03. The summed E-state index contributed by atoms with van der Waals surface area (Å²) < 4.78 is 26.9. The summed E-state index contributed by atoms with van der Waals surface area (Å²) in [7, 11) is -3.79. The fraction of sp³-hybridized carbons (Fsp3) is 0.357. The molecule has 192 valence electrons. The summed E-state index contributed by atoms with van der Waals surface area (Å²) in [5.41, 5.74) is 2.37. The number of aryl methyl sites for hydroxylation is 1. The van der Waals surface area contributed by atoms with Crippen LogP contribution >= 0.6 is 0 Å². The first-order valence-corrected chi connectivity index (χ1v) is 14.0. The molecule has 8 heteroatoms. The Morgan fingerprint density at radius 2 is 1.64 bits per heavy atom. The zero-order valence-electron chi connectivity index (χ0n) is 21.4. The predicted octanol–water partition coefficient (Wildman–Crippen LogP) is 4.25. The van der Waals surface area contributed by atoms with E-state index >= 15 is 0 Å². The van der Waals surface area contributed by atoms with Crippen LogP contribution in [0.4, 0.5) is 5.69 Å². The van der Waals surface area contributed by atoms with Gasteiger partial charge < -0.3 is 10.2 Å². The van der Waals surface area contributed by atoms with E-state index in [0.29, 0.717) is 12.2 Å². The Labute approximate surface area is 214 Å². The second-order valence-corrected chi connectivity index (χ2v) is 11.0. The van der Waals surface area contributed by atoms with E-state index in [9.17, 15) is 18.0 Å². The molecule has 36 heavy (non-hydrogen) atoms. The molecule has 0 saturated heterocycles. The van der Waals surface area contributed by atoms with E-state index in [0.717, 1.165) is 45.3 Å². The van der Waals surface area contributed by atoms with Gasteiger partial charge in [-0.1, -0.05) is 79.6 Å². The lowest BCUT2D eigenvalue weighted by atomic mass is 10.1. The molecule has 0 aliphatic rings. The molecule has 0 bridgehead atoms. The van der Waals surface area contributed by atoms with E-state index in [-0.39, 0.29) is 12.5 Å². The third kappa shape index (κ3) is 6.85. The minimum absolute atomic E-state index is 0.189. The molecule has 0 saturated carbocycles. The van der Waals surface area contributed by atoms with Gasteiger partial charge in [-0.15, -0.1) is 0 Å². The van der Waals surface area contributed by atoms with E-state index in [1.807, 2.05) is 68.4 Å². The monoisotopic (exact) mass is 509 g/mol. The van der Waals surface area contributed by atoms with E-state index in [2.05, 4.69) is 5.32 Å². The Kier molecular flexibility index (Phi) is 9.09. The Bertz CT molecular complexity index is 1300. The Morgan fingerprint density at radius 1 is 0.972 bits per heavy atom. The van der Waals surface area contributed by atoms with Crippen molar-refractivity contribution >= 4 is 38.3 Å². The van der Waals surface area contributed by atoms with Crippen molar-refractivity contribution in [2.75, 3.05) is 23.7 Å². The summed E-state index contributed by atoms with van der Waals surface area (Å²) in [5.74, 6) is -0.716. The lowest BCUT2D eigenvalue weighted by Crippen LogP contribution is -2.51. The van der Waals surface area contributed by atoms with Crippen molar-refractivity contribution in [1.82, 2.24) is 10.2 Å². The summed E-state index contributed by atoms with van der Waals surface area (Å²) >= 11 is 0. The SMILES string of the molecule is CCCCNC(=O)[C@H](C)N(Cc1ccc(C)cc1)C(=O)CN(c1cccc2ccccc12)S(C)(=O)=O. The summed E-state index contributed by atoms with van der Waals surface area (Å²) in [6.45, 7) is 5.99. The number of unbranched alkanes of at least 4 members (excludes halogenated alkanes) is 1. The summed E-state index contributed by atoms with van der Waals surface area (Å²) in [6, 6.07) is 19.8. The van der Waals surface area contributed by atoms with Gasteiger partial charge in [-0.05, 0) is 37.3 Å². The number of hydrogen-bond donors (Lipinski definition) is 1. The molecule has 3 rings (SSSR count). The first kappa shape index (κ1) is 27.2. The van der Waals surface area contributed by atoms with Gasteiger partial charge in [0, 0.05) is 18.5 Å². The van der Waals surface area contributed by atoms with Gasteiger partial charge in [0.15, 0.2) is 0 Å². The number of hydrogen-bond acceptors (Lipinski definition) is 4. The first-order chi connectivity index (χ1) is 17.1. The third-order valence-corrected chi connectivity index (χ3v) is 7.31. The molecular formula is C28H35N3O4S. The lowest BCUT2D eigenvalue weighted by molar-refractivity contribution is -0.139. The van der Waals surface area contributed by atoms with Crippen LogP contribution in [0.15, 0.2) is 66.7 Å². The van der Waals surface area contributed by atoms with Crippen LogP contribution in [0.25, 0.3) is 10.8 Å². The molecule has 7 nitrogen and oxygen atoms in total. The number of anilines is 1. The maximum atomic E-state index is 13.7. The van der Waals surface area contributed by atoms with Gasteiger partial charge in [0.25, 0.3) is 0 Å². The average Bonchev–Trinajstić information content (AvgIpc) is 2.85. The number of rotatable bonds is 11. The second kappa shape index (κ2) is 12.0. The van der Waals surface area contributed by atoms with Crippen LogP contribution in [0.2, 0.25) is 0 Å². The van der Waals surface area contributed by atoms with Crippen molar-refractivity contribution in [3.05, 3.63) is 77.9 Å². The number of sulfonamides is 1. The van der Waals surface area contributed by atoms with E-state index in [1.54, 1.807) is 19.1 Å². The third-order valence-electron chi connectivity index (χ3n) is 6.18. The van der Waals surface area contributed by atoms with Crippen LogP contribution in [0.5, 0.6) is 0 Å². The van der Waals surface area contributed by atoms with E-state index in [4.69, 9.17) is 0 Å². The molecule has 0 heterocycles. The maximum absolute atomic E-state index is 13.7. The van der Waals surface area contributed by atoms with Gasteiger partial charge >= 0.3 is 0 Å². The second-order valence-electron chi connectivity index (χ2n) is 9.10. The van der Waals surface area contributed by atoms with Gasteiger partial charge in [-0.25, -0.2) is 8.42 Å². The molecule has 0 spiro atoms. The molecule has 3 aromatic rings. The smallest absolute Gasteiger partial charge is 0.244 e. The largest absolute Gasteiger partial charge is 0.354 e. The highest BCUT2D eigenvalue weighted by Crippen LogP contribution is 2.28. The van der Waals surface area contributed by atoms with Crippen molar-refractivity contribution in [1.29, 1.82) is 0 Å². The minimum Gasteiger partial charge on any atom is -0.354 e. The molecule has 0 aliphatic carbocycles. The molecule has 0 aromatic heterocycles. The highest BCUT2D eigenvalue weighted by atomic mass is 32.2. The number of amides is 2. The lowest BCUT2D eigenvalue weighted by Gasteiger charge is -2.32. The van der Waals surface area contributed by atoms with E-state index in [1.165, 1.54) is 4.90 Å². The van der Waals surface area contributed by atoms with Crippen molar-refractivity contribution in [2.45, 2.75) is 46.2 Å². The Hall–Kier alpha value is -3.39. The molecule has 1 atom stereocenters. The number of benzene rings is 3. The van der Waals surface area contributed by atoms with E-state index < -0.39 is 28.5 Å². The fourth-order valence-corrected chi connectivity index (χ4v) is 4.89. The maximum Gasteiger partial charge on any atom is 0.244 e. The number of nitrogens with zero attached hydrogens (tertiary/aromatic N) is 2. The van der Waals surface area contributed by atoms with Gasteiger partial charge in [0.05, 0.1) is 11.9 Å². The summed E-state index contributed by atoms with van der Waals surface area (Å²) in [4.78, 5) is 28.0. The molecule has 0 fully saturated rings.